The lowest BCUT2D eigenvalue weighted by molar-refractivity contribution is 0.114. The number of rotatable bonds is 8. The molecule has 1 aliphatic heterocycles. The smallest absolute Gasteiger partial charge is 0.119 e. The van der Waals surface area contributed by atoms with E-state index < -0.39 is 0 Å². The zero-order valence-corrected chi connectivity index (χ0v) is 16.1. The van der Waals surface area contributed by atoms with Crippen molar-refractivity contribution in [1.82, 2.24) is 4.90 Å². The van der Waals surface area contributed by atoms with E-state index in [1.54, 1.807) is 0 Å². The summed E-state index contributed by atoms with van der Waals surface area (Å²) < 4.78 is 6.06. The number of hydrogen-bond acceptors (Lipinski definition) is 3. The molecule has 134 valence electrons. The van der Waals surface area contributed by atoms with E-state index in [1.165, 1.54) is 31.4 Å². The summed E-state index contributed by atoms with van der Waals surface area (Å²) in [5.41, 5.74) is 1.20. The molecule has 0 amide bonds. The fourth-order valence-corrected chi connectivity index (χ4v) is 2.73. The second kappa shape index (κ2) is 12.7. The molecule has 1 saturated heterocycles. The minimum Gasteiger partial charge on any atom is -0.490 e. The summed E-state index contributed by atoms with van der Waals surface area (Å²) in [7, 11) is 2.18. The van der Waals surface area contributed by atoms with Crippen LogP contribution >= 0.6 is 24.8 Å². The maximum absolute atomic E-state index is 6.06. The molecule has 0 spiro atoms. The quantitative estimate of drug-likeness (QED) is 0.658. The average Bonchev–Trinajstić information content (AvgIpc) is 2.51. The van der Waals surface area contributed by atoms with E-state index in [-0.39, 0.29) is 24.8 Å². The molecule has 23 heavy (non-hydrogen) atoms. The summed E-state index contributed by atoms with van der Waals surface area (Å²) in [4.78, 5) is 2.37. The highest BCUT2D eigenvalue weighted by Gasteiger charge is 2.17. The molecule has 5 heteroatoms. The molecule has 0 aromatic heterocycles. The normalized spacial score (nSPS) is 15.4. The van der Waals surface area contributed by atoms with Crippen molar-refractivity contribution >= 4 is 30.5 Å². The van der Waals surface area contributed by atoms with Gasteiger partial charge in [0, 0.05) is 25.3 Å². The van der Waals surface area contributed by atoms with Crippen molar-refractivity contribution in [2.75, 3.05) is 32.0 Å². The molecule has 0 saturated carbocycles. The van der Waals surface area contributed by atoms with Gasteiger partial charge in [0.05, 0.1) is 0 Å². The lowest BCUT2D eigenvalue weighted by Gasteiger charge is -2.29. The molecule has 0 unspecified atom stereocenters. The minimum absolute atomic E-state index is 0. The van der Waals surface area contributed by atoms with Crippen molar-refractivity contribution < 1.29 is 4.74 Å². The number of unbranched alkanes of at least 4 members (excludes halogenated alkanes) is 3. The number of nitrogens with one attached hydrogen (secondary N) is 1. The Kier molecular flexibility index (Phi) is 12.4. The Morgan fingerprint density at radius 1 is 1.04 bits per heavy atom. The van der Waals surface area contributed by atoms with E-state index >= 15 is 0 Å². The molecule has 1 aromatic carbocycles. The minimum atomic E-state index is 0. The van der Waals surface area contributed by atoms with Gasteiger partial charge in [-0.3, -0.25) is 0 Å². The van der Waals surface area contributed by atoms with Crippen LogP contribution in [0.4, 0.5) is 5.69 Å². The molecule has 0 aliphatic carbocycles. The van der Waals surface area contributed by atoms with Crippen LogP contribution in [0.3, 0.4) is 0 Å². The zero-order chi connectivity index (χ0) is 14.9. The standard InChI is InChI=1S/C18H30N2O.2ClH/c1-3-4-5-6-13-19-16-7-9-17(10-8-16)21-18-11-14-20(2)15-12-18;;/h7-10,18-19H,3-6,11-15H2,1-2H3;2*1H. The third-order valence-corrected chi connectivity index (χ3v) is 4.18. The molecule has 1 fully saturated rings. The SMILES string of the molecule is CCCCCCNc1ccc(OC2CCN(C)CC2)cc1.Cl.Cl. The number of ether oxygens (including phenoxy) is 1. The van der Waals surface area contributed by atoms with Gasteiger partial charge in [0.2, 0.25) is 0 Å². The van der Waals surface area contributed by atoms with Crippen molar-refractivity contribution in [2.45, 2.75) is 51.6 Å². The fraction of sp³-hybridized carbons (Fsp3) is 0.667. The van der Waals surface area contributed by atoms with Crippen molar-refractivity contribution in [3.8, 4) is 5.75 Å². The highest BCUT2D eigenvalue weighted by molar-refractivity contribution is 5.85. The number of anilines is 1. The maximum Gasteiger partial charge on any atom is 0.119 e. The van der Waals surface area contributed by atoms with Gasteiger partial charge in [0.25, 0.3) is 0 Å². The number of halogens is 2. The third-order valence-electron chi connectivity index (χ3n) is 4.18. The molecule has 0 bridgehead atoms. The van der Waals surface area contributed by atoms with Crippen LogP contribution in [0.2, 0.25) is 0 Å². The second-order valence-electron chi connectivity index (χ2n) is 6.13. The van der Waals surface area contributed by atoms with E-state index in [4.69, 9.17) is 4.74 Å². The Hall–Kier alpha value is -0.640. The van der Waals surface area contributed by atoms with Gasteiger partial charge in [-0.15, -0.1) is 24.8 Å². The monoisotopic (exact) mass is 362 g/mol. The number of benzene rings is 1. The van der Waals surface area contributed by atoms with Crippen molar-refractivity contribution in [2.24, 2.45) is 0 Å². The van der Waals surface area contributed by atoms with Crippen molar-refractivity contribution in [3.05, 3.63) is 24.3 Å². The summed E-state index contributed by atoms with van der Waals surface area (Å²) >= 11 is 0. The molecule has 0 atom stereocenters. The van der Waals surface area contributed by atoms with Crippen molar-refractivity contribution in [1.29, 1.82) is 0 Å². The number of hydrogen-bond donors (Lipinski definition) is 1. The van der Waals surface area contributed by atoms with Crippen molar-refractivity contribution in [3.63, 3.8) is 0 Å². The number of piperidine rings is 1. The molecular weight excluding hydrogens is 331 g/mol. The zero-order valence-electron chi connectivity index (χ0n) is 14.4. The lowest BCUT2D eigenvalue weighted by Crippen LogP contribution is -2.35. The third kappa shape index (κ3) is 8.69. The van der Waals surface area contributed by atoms with Gasteiger partial charge in [0.1, 0.15) is 11.9 Å². The van der Waals surface area contributed by atoms with Crippen LogP contribution in [0.15, 0.2) is 24.3 Å². The van der Waals surface area contributed by atoms with E-state index in [2.05, 4.69) is 48.5 Å². The Balaban J connectivity index is 0.00000242. The summed E-state index contributed by atoms with van der Waals surface area (Å²) in [6.45, 7) is 5.59. The van der Waals surface area contributed by atoms with E-state index in [1.807, 2.05) is 0 Å². The second-order valence-corrected chi connectivity index (χ2v) is 6.13. The Morgan fingerprint density at radius 3 is 2.30 bits per heavy atom. The van der Waals surface area contributed by atoms with Gasteiger partial charge in [-0.2, -0.15) is 0 Å². The van der Waals surface area contributed by atoms with Gasteiger partial charge in [-0.25, -0.2) is 0 Å². The van der Waals surface area contributed by atoms with Crippen LogP contribution in [-0.4, -0.2) is 37.7 Å². The molecule has 1 N–H and O–H groups in total. The Morgan fingerprint density at radius 2 is 1.70 bits per heavy atom. The first kappa shape index (κ1) is 22.4. The molecule has 1 aromatic rings. The maximum atomic E-state index is 6.06. The van der Waals surface area contributed by atoms with Crippen LogP contribution in [0.25, 0.3) is 0 Å². The Labute approximate surface area is 154 Å². The highest BCUT2D eigenvalue weighted by Crippen LogP contribution is 2.20. The fourth-order valence-electron chi connectivity index (χ4n) is 2.73. The molecule has 0 radical (unpaired) electrons. The largest absolute Gasteiger partial charge is 0.490 e. The first-order valence-electron chi connectivity index (χ1n) is 8.47. The summed E-state index contributed by atoms with van der Waals surface area (Å²) in [5, 5.41) is 3.48. The first-order chi connectivity index (χ1) is 10.3. The van der Waals surface area contributed by atoms with E-state index in [0.29, 0.717) is 6.10 Å². The molecule has 1 aliphatic rings. The van der Waals surface area contributed by atoms with E-state index in [9.17, 15) is 0 Å². The summed E-state index contributed by atoms with van der Waals surface area (Å²) in [5.74, 6) is 1.00. The van der Waals surface area contributed by atoms with Gasteiger partial charge in [-0.1, -0.05) is 26.2 Å². The predicted molar refractivity (Wildman–Crippen MR) is 105 cm³/mol. The number of nitrogens with zero attached hydrogens (tertiary/aromatic N) is 1. The average molecular weight is 363 g/mol. The van der Waals surface area contributed by atoms with Crippen LogP contribution in [-0.2, 0) is 0 Å². The molecule has 2 rings (SSSR count). The van der Waals surface area contributed by atoms with E-state index in [0.717, 1.165) is 38.2 Å². The van der Waals surface area contributed by atoms with Gasteiger partial charge < -0.3 is 15.0 Å². The highest BCUT2D eigenvalue weighted by atomic mass is 35.5. The van der Waals surface area contributed by atoms with Gasteiger partial charge in [0.15, 0.2) is 0 Å². The predicted octanol–water partition coefficient (Wildman–Crippen LogP) is 5.00. The van der Waals surface area contributed by atoms with Gasteiger partial charge in [-0.05, 0) is 50.6 Å². The van der Waals surface area contributed by atoms with Crippen LogP contribution in [0.5, 0.6) is 5.75 Å². The van der Waals surface area contributed by atoms with Crippen LogP contribution in [0.1, 0.15) is 45.4 Å². The van der Waals surface area contributed by atoms with Crippen LogP contribution in [0, 0.1) is 0 Å². The topological polar surface area (TPSA) is 24.5 Å². The van der Waals surface area contributed by atoms with Gasteiger partial charge >= 0.3 is 0 Å². The Bertz CT molecular complexity index is 393. The molecule has 3 nitrogen and oxygen atoms in total. The number of likely N-dealkylation sites (tertiary alicyclic amines) is 1. The molecular formula is C18H32Cl2N2O. The summed E-state index contributed by atoms with van der Waals surface area (Å²) in [6.07, 6.45) is 7.85. The summed E-state index contributed by atoms with van der Waals surface area (Å²) in [6, 6.07) is 8.44. The first-order valence-corrected chi connectivity index (χ1v) is 8.47. The lowest BCUT2D eigenvalue weighted by atomic mass is 10.1. The molecule has 1 heterocycles. The van der Waals surface area contributed by atoms with Crippen LogP contribution < -0.4 is 10.1 Å².